The number of halogens is 1. The van der Waals surface area contributed by atoms with Crippen molar-refractivity contribution in [1.29, 1.82) is 0 Å². The average molecular weight is 448 g/mol. The topological polar surface area (TPSA) is 119 Å². The molecular formula is C23H21FN6O3. The quantitative estimate of drug-likeness (QED) is 0.477. The van der Waals surface area contributed by atoms with E-state index in [2.05, 4.69) is 9.97 Å². The van der Waals surface area contributed by atoms with Crippen LogP contribution in [0, 0.1) is 5.82 Å². The average Bonchev–Trinajstić information content (AvgIpc) is 3.21. The molecule has 4 aromatic rings. The minimum absolute atomic E-state index is 0.156. The Kier molecular flexibility index (Phi) is 5.25. The summed E-state index contributed by atoms with van der Waals surface area (Å²) in [5.74, 6) is 0.866. The fraction of sp³-hybridized carbons (Fsp3) is 0.217. The zero-order chi connectivity index (χ0) is 22.9. The Hall–Kier alpha value is -4.21. The second kappa shape index (κ2) is 8.38. The third-order valence-electron chi connectivity index (χ3n) is 5.69. The molecule has 1 aliphatic heterocycles. The highest BCUT2D eigenvalue weighted by Gasteiger charge is 2.28. The Labute approximate surface area is 188 Å². The zero-order valence-corrected chi connectivity index (χ0v) is 17.6. The van der Waals surface area contributed by atoms with Crippen molar-refractivity contribution in [2.45, 2.75) is 18.9 Å². The number of ether oxygens (including phenoxy) is 1. The van der Waals surface area contributed by atoms with Gasteiger partial charge in [0.2, 0.25) is 0 Å². The number of carboxylic acid groups (broad SMARTS) is 1. The van der Waals surface area contributed by atoms with Gasteiger partial charge in [-0.05, 0) is 49.2 Å². The molecule has 168 valence electrons. The lowest BCUT2D eigenvalue weighted by Crippen LogP contribution is -2.40. The van der Waals surface area contributed by atoms with Gasteiger partial charge in [0, 0.05) is 24.7 Å². The van der Waals surface area contributed by atoms with E-state index in [1.165, 1.54) is 23.4 Å². The number of fused-ring (bicyclic) bond motifs is 1. The molecule has 1 saturated heterocycles. The third-order valence-corrected chi connectivity index (χ3v) is 5.69. The van der Waals surface area contributed by atoms with Crippen LogP contribution in [0.1, 0.15) is 18.9 Å². The fourth-order valence-electron chi connectivity index (χ4n) is 4.13. The van der Waals surface area contributed by atoms with Crippen LogP contribution < -0.4 is 10.5 Å². The lowest BCUT2D eigenvalue weighted by molar-refractivity contribution is 0.120. The maximum Gasteiger partial charge on any atom is 0.407 e. The number of amides is 1. The van der Waals surface area contributed by atoms with E-state index in [1.807, 2.05) is 12.1 Å². The highest BCUT2D eigenvalue weighted by atomic mass is 19.1. The summed E-state index contributed by atoms with van der Waals surface area (Å²) in [7, 11) is 0. The predicted octanol–water partition coefficient (Wildman–Crippen LogP) is 4.32. The van der Waals surface area contributed by atoms with E-state index >= 15 is 0 Å². The summed E-state index contributed by atoms with van der Waals surface area (Å²) in [4.78, 5) is 21.4. The molecule has 1 fully saturated rings. The van der Waals surface area contributed by atoms with Gasteiger partial charge in [-0.3, -0.25) is 0 Å². The van der Waals surface area contributed by atoms with Crippen molar-refractivity contribution in [3.05, 3.63) is 60.7 Å². The summed E-state index contributed by atoms with van der Waals surface area (Å²) in [6, 6.07) is 12.9. The molecule has 0 radical (unpaired) electrons. The van der Waals surface area contributed by atoms with Gasteiger partial charge >= 0.3 is 6.09 Å². The Morgan fingerprint density at radius 1 is 1.15 bits per heavy atom. The molecule has 1 aliphatic rings. The normalized spacial score (nSPS) is 16.2. The van der Waals surface area contributed by atoms with Crippen molar-refractivity contribution in [1.82, 2.24) is 24.6 Å². The van der Waals surface area contributed by atoms with E-state index in [0.717, 1.165) is 18.4 Å². The molecule has 33 heavy (non-hydrogen) atoms. The molecule has 1 amide bonds. The lowest BCUT2D eigenvalue weighted by atomic mass is 10.1. The van der Waals surface area contributed by atoms with Crippen LogP contribution in [0.5, 0.6) is 11.5 Å². The van der Waals surface area contributed by atoms with Crippen LogP contribution in [0.25, 0.3) is 22.3 Å². The number of aromatic nitrogens is 4. The second-order valence-electron chi connectivity index (χ2n) is 7.86. The Bertz CT molecular complexity index is 1320. The minimum atomic E-state index is -0.945. The van der Waals surface area contributed by atoms with Crippen LogP contribution in [0.15, 0.2) is 54.9 Å². The molecule has 3 heterocycles. The summed E-state index contributed by atoms with van der Waals surface area (Å²) in [5, 5.41) is 14.8. The van der Waals surface area contributed by atoms with Crippen LogP contribution in [-0.2, 0) is 0 Å². The molecule has 0 bridgehead atoms. The number of piperidine rings is 1. The first-order valence-corrected chi connectivity index (χ1v) is 10.5. The number of nitrogens with zero attached hydrogens (tertiary/aromatic N) is 5. The number of rotatable bonds is 4. The minimum Gasteiger partial charge on any atom is -0.465 e. The summed E-state index contributed by atoms with van der Waals surface area (Å²) >= 11 is 0. The number of benzene rings is 2. The SMILES string of the molecule is Nc1ncnc2c1c(-c1ccc(Oc3cccc(F)c3)cc1)nn2[C@@H]1CCCN(C(=O)O)C1. The van der Waals surface area contributed by atoms with E-state index in [0.29, 0.717) is 47.1 Å². The van der Waals surface area contributed by atoms with Gasteiger partial charge in [-0.2, -0.15) is 5.10 Å². The number of carbonyl (C=O) groups is 1. The second-order valence-corrected chi connectivity index (χ2v) is 7.86. The first-order chi connectivity index (χ1) is 16.0. The number of hydrogen-bond donors (Lipinski definition) is 2. The molecule has 9 nitrogen and oxygen atoms in total. The standard InChI is InChI=1S/C23H21FN6O3/c24-15-3-1-5-18(11-15)33-17-8-6-14(7-9-17)20-19-21(25)26-13-27-22(19)30(28-20)16-4-2-10-29(12-16)23(31)32/h1,3,5-9,11,13,16H,2,4,10,12H2,(H,31,32)(H2,25,26,27)/t16-/m1/s1. The number of likely N-dealkylation sites (tertiary alicyclic amines) is 1. The summed E-state index contributed by atoms with van der Waals surface area (Å²) in [6.07, 6.45) is 1.96. The van der Waals surface area contributed by atoms with Crippen LogP contribution >= 0.6 is 0 Å². The van der Waals surface area contributed by atoms with Crippen molar-refractivity contribution in [3.63, 3.8) is 0 Å². The molecule has 0 unspecified atom stereocenters. The van der Waals surface area contributed by atoms with Gasteiger partial charge in [-0.15, -0.1) is 0 Å². The van der Waals surface area contributed by atoms with E-state index < -0.39 is 6.09 Å². The van der Waals surface area contributed by atoms with Crippen molar-refractivity contribution in [3.8, 4) is 22.8 Å². The van der Waals surface area contributed by atoms with Crippen LogP contribution in [-0.4, -0.2) is 48.9 Å². The molecule has 3 N–H and O–H groups in total. The third kappa shape index (κ3) is 4.02. The molecule has 5 rings (SSSR count). The predicted molar refractivity (Wildman–Crippen MR) is 120 cm³/mol. The summed E-state index contributed by atoms with van der Waals surface area (Å²) in [5.41, 5.74) is 8.13. The van der Waals surface area contributed by atoms with Crippen molar-refractivity contribution in [2.75, 3.05) is 18.8 Å². The van der Waals surface area contributed by atoms with E-state index in [4.69, 9.17) is 15.6 Å². The molecule has 2 aromatic carbocycles. The highest BCUT2D eigenvalue weighted by Crippen LogP contribution is 2.34. The van der Waals surface area contributed by atoms with E-state index in [1.54, 1.807) is 28.9 Å². The van der Waals surface area contributed by atoms with Gasteiger partial charge in [0.15, 0.2) is 5.65 Å². The first kappa shape index (κ1) is 20.7. The zero-order valence-electron chi connectivity index (χ0n) is 17.6. The monoisotopic (exact) mass is 448 g/mol. The van der Waals surface area contributed by atoms with Crippen molar-refractivity contribution in [2.24, 2.45) is 0 Å². The summed E-state index contributed by atoms with van der Waals surface area (Å²) in [6.45, 7) is 0.831. The molecule has 10 heteroatoms. The fourth-order valence-corrected chi connectivity index (χ4v) is 4.13. The largest absolute Gasteiger partial charge is 0.465 e. The molecule has 0 aliphatic carbocycles. The Balaban J connectivity index is 1.50. The number of anilines is 1. The highest BCUT2D eigenvalue weighted by molar-refractivity contribution is 5.98. The Morgan fingerprint density at radius 2 is 1.97 bits per heavy atom. The maximum atomic E-state index is 13.4. The van der Waals surface area contributed by atoms with Gasteiger partial charge in [-0.25, -0.2) is 23.8 Å². The molecule has 1 atom stereocenters. The van der Waals surface area contributed by atoms with Crippen molar-refractivity contribution < 1.29 is 19.0 Å². The van der Waals surface area contributed by atoms with Crippen LogP contribution in [0.3, 0.4) is 0 Å². The van der Waals surface area contributed by atoms with E-state index in [-0.39, 0.29) is 11.9 Å². The van der Waals surface area contributed by atoms with Gasteiger partial charge < -0.3 is 20.5 Å². The van der Waals surface area contributed by atoms with Crippen molar-refractivity contribution >= 4 is 22.9 Å². The molecular weight excluding hydrogens is 427 g/mol. The molecule has 0 spiro atoms. The number of nitrogen functional groups attached to an aromatic ring is 1. The number of nitrogens with two attached hydrogens (primary N) is 1. The molecule has 0 saturated carbocycles. The summed E-state index contributed by atoms with van der Waals surface area (Å²) < 4.78 is 20.9. The molecule has 2 aromatic heterocycles. The van der Waals surface area contributed by atoms with Gasteiger partial charge in [0.1, 0.15) is 35.2 Å². The lowest BCUT2D eigenvalue weighted by Gasteiger charge is -2.30. The van der Waals surface area contributed by atoms with Gasteiger partial charge in [0.05, 0.1) is 11.4 Å². The van der Waals surface area contributed by atoms with Crippen LogP contribution in [0.4, 0.5) is 15.0 Å². The number of hydrogen-bond acceptors (Lipinski definition) is 6. The van der Waals surface area contributed by atoms with Gasteiger partial charge in [-0.1, -0.05) is 6.07 Å². The van der Waals surface area contributed by atoms with E-state index in [9.17, 15) is 14.3 Å². The van der Waals surface area contributed by atoms with Gasteiger partial charge in [0.25, 0.3) is 0 Å². The smallest absolute Gasteiger partial charge is 0.407 e. The Morgan fingerprint density at radius 3 is 2.73 bits per heavy atom. The van der Waals surface area contributed by atoms with Crippen LogP contribution in [0.2, 0.25) is 0 Å². The maximum absolute atomic E-state index is 13.4. The first-order valence-electron chi connectivity index (χ1n) is 10.5.